The second kappa shape index (κ2) is 5.83. The standard InChI is InChI=1S/C16H17N3O4/c1-18-15(21)12-5-3-2-4-11(12)13(17-18)8-14(20)19-7-6-10(9-19)16(22)23/h2-5,10H,6-9H2,1H3,(H,22,23)/t10-/m0/s1. The summed E-state index contributed by atoms with van der Waals surface area (Å²) in [4.78, 5) is 37.1. The van der Waals surface area contributed by atoms with Gasteiger partial charge in [0.05, 0.1) is 23.4 Å². The van der Waals surface area contributed by atoms with Crippen LogP contribution in [0.2, 0.25) is 0 Å². The molecule has 0 radical (unpaired) electrons. The van der Waals surface area contributed by atoms with Crippen molar-refractivity contribution >= 4 is 22.6 Å². The van der Waals surface area contributed by atoms with Gasteiger partial charge in [0, 0.05) is 25.5 Å². The van der Waals surface area contributed by atoms with E-state index in [2.05, 4.69) is 5.10 Å². The normalized spacial score (nSPS) is 17.6. The molecule has 0 spiro atoms. The average Bonchev–Trinajstić information content (AvgIpc) is 3.03. The number of carbonyl (C=O) groups is 2. The number of aromatic nitrogens is 2. The molecule has 0 bridgehead atoms. The van der Waals surface area contributed by atoms with Crippen LogP contribution in [0.1, 0.15) is 12.1 Å². The van der Waals surface area contributed by atoms with Crippen molar-refractivity contribution in [2.75, 3.05) is 13.1 Å². The van der Waals surface area contributed by atoms with Crippen LogP contribution in [0.5, 0.6) is 0 Å². The maximum Gasteiger partial charge on any atom is 0.308 e. The molecule has 1 amide bonds. The number of carboxylic acid groups (broad SMARTS) is 1. The van der Waals surface area contributed by atoms with E-state index in [1.54, 1.807) is 36.2 Å². The van der Waals surface area contributed by atoms with Gasteiger partial charge in [-0.15, -0.1) is 0 Å². The molecule has 2 aromatic rings. The smallest absolute Gasteiger partial charge is 0.308 e. The molecule has 0 saturated carbocycles. The van der Waals surface area contributed by atoms with Crippen molar-refractivity contribution in [2.24, 2.45) is 13.0 Å². The monoisotopic (exact) mass is 315 g/mol. The number of nitrogens with zero attached hydrogens (tertiary/aromatic N) is 3. The molecule has 1 aliphatic rings. The Kier molecular flexibility index (Phi) is 3.85. The van der Waals surface area contributed by atoms with E-state index in [0.717, 1.165) is 0 Å². The SMILES string of the molecule is Cn1nc(CC(=O)N2CC[C@H](C(=O)O)C2)c2ccccc2c1=O. The van der Waals surface area contributed by atoms with Gasteiger partial charge < -0.3 is 10.0 Å². The zero-order chi connectivity index (χ0) is 16.6. The summed E-state index contributed by atoms with van der Waals surface area (Å²) in [5.74, 6) is -1.53. The molecule has 120 valence electrons. The van der Waals surface area contributed by atoms with E-state index < -0.39 is 11.9 Å². The molecule has 3 rings (SSSR count). The Morgan fingerprint density at radius 1 is 1.30 bits per heavy atom. The lowest BCUT2D eigenvalue weighted by Gasteiger charge is -2.16. The lowest BCUT2D eigenvalue weighted by molar-refractivity contribution is -0.141. The fourth-order valence-electron chi connectivity index (χ4n) is 2.95. The van der Waals surface area contributed by atoms with Gasteiger partial charge in [-0.1, -0.05) is 18.2 Å². The Morgan fingerprint density at radius 2 is 2.00 bits per heavy atom. The second-order valence-corrected chi connectivity index (χ2v) is 5.76. The van der Waals surface area contributed by atoms with Crippen LogP contribution in [0.15, 0.2) is 29.1 Å². The quantitative estimate of drug-likeness (QED) is 0.885. The van der Waals surface area contributed by atoms with Crippen LogP contribution < -0.4 is 5.56 Å². The molecule has 1 atom stereocenters. The molecule has 7 heteroatoms. The van der Waals surface area contributed by atoms with Crippen molar-refractivity contribution in [3.05, 3.63) is 40.3 Å². The van der Waals surface area contributed by atoms with Gasteiger partial charge in [-0.3, -0.25) is 14.4 Å². The maximum absolute atomic E-state index is 12.4. The average molecular weight is 315 g/mol. The number of carbonyl (C=O) groups excluding carboxylic acids is 1. The van der Waals surface area contributed by atoms with E-state index in [1.165, 1.54) is 4.68 Å². The molecule has 7 nitrogen and oxygen atoms in total. The summed E-state index contributed by atoms with van der Waals surface area (Å²) in [7, 11) is 1.55. The first-order valence-electron chi connectivity index (χ1n) is 7.43. The van der Waals surface area contributed by atoms with Crippen LogP contribution in [-0.2, 0) is 23.1 Å². The zero-order valence-electron chi connectivity index (χ0n) is 12.7. The number of rotatable bonds is 3. The lowest BCUT2D eigenvalue weighted by Crippen LogP contribution is -2.32. The molecule has 1 aromatic heterocycles. The number of amides is 1. The van der Waals surface area contributed by atoms with Gasteiger partial charge in [-0.05, 0) is 12.5 Å². The number of benzene rings is 1. The van der Waals surface area contributed by atoms with Crippen molar-refractivity contribution in [3.8, 4) is 0 Å². The zero-order valence-corrected chi connectivity index (χ0v) is 12.7. The first-order chi connectivity index (χ1) is 11.0. The summed E-state index contributed by atoms with van der Waals surface area (Å²) in [6.07, 6.45) is 0.531. The highest BCUT2D eigenvalue weighted by Crippen LogP contribution is 2.19. The highest BCUT2D eigenvalue weighted by atomic mass is 16.4. The maximum atomic E-state index is 12.4. The number of aryl methyl sites for hydroxylation is 1. The van der Waals surface area contributed by atoms with Crippen LogP contribution in [0.25, 0.3) is 10.8 Å². The minimum atomic E-state index is -0.869. The predicted molar refractivity (Wildman–Crippen MR) is 83.0 cm³/mol. The summed E-state index contributed by atoms with van der Waals surface area (Å²) < 4.78 is 1.23. The third kappa shape index (κ3) is 2.81. The third-order valence-corrected chi connectivity index (χ3v) is 4.24. The van der Waals surface area contributed by atoms with E-state index in [4.69, 9.17) is 5.11 Å². The Labute approximate surface area is 132 Å². The van der Waals surface area contributed by atoms with Gasteiger partial charge in [0.2, 0.25) is 5.91 Å². The van der Waals surface area contributed by atoms with E-state index in [0.29, 0.717) is 29.4 Å². The molecule has 0 unspecified atom stereocenters. The fraction of sp³-hybridized carbons (Fsp3) is 0.375. The molecule has 1 aromatic carbocycles. The van der Waals surface area contributed by atoms with Gasteiger partial charge in [0.1, 0.15) is 0 Å². The number of hydrogen-bond donors (Lipinski definition) is 1. The highest BCUT2D eigenvalue weighted by molar-refractivity contribution is 5.88. The molecule has 1 fully saturated rings. The molecule has 23 heavy (non-hydrogen) atoms. The second-order valence-electron chi connectivity index (χ2n) is 5.76. The first kappa shape index (κ1) is 15.2. The van der Waals surface area contributed by atoms with Gasteiger partial charge >= 0.3 is 5.97 Å². The largest absolute Gasteiger partial charge is 0.481 e. The number of likely N-dealkylation sites (tertiary alicyclic amines) is 1. The van der Waals surface area contributed by atoms with E-state index in [-0.39, 0.29) is 24.4 Å². The molecule has 1 saturated heterocycles. The van der Waals surface area contributed by atoms with Gasteiger partial charge in [-0.2, -0.15) is 5.10 Å². The fourth-order valence-corrected chi connectivity index (χ4v) is 2.95. The van der Waals surface area contributed by atoms with Crippen molar-refractivity contribution in [3.63, 3.8) is 0 Å². The topological polar surface area (TPSA) is 92.5 Å². The summed E-state index contributed by atoms with van der Waals surface area (Å²) in [5, 5.41) is 14.4. The first-order valence-corrected chi connectivity index (χ1v) is 7.43. The third-order valence-electron chi connectivity index (χ3n) is 4.24. The van der Waals surface area contributed by atoms with Crippen molar-refractivity contribution in [1.29, 1.82) is 0 Å². The highest BCUT2D eigenvalue weighted by Gasteiger charge is 2.31. The van der Waals surface area contributed by atoms with Crippen LogP contribution in [-0.4, -0.2) is 44.8 Å². The molecule has 1 aliphatic heterocycles. The summed E-state index contributed by atoms with van der Waals surface area (Å²) in [6, 6.07) is 7.06. The van der Waals surface area contributed by atoms with Crippen LogP contribution in [0, 0.1) is 5.92 Å². The Hall–Kier alpha value is -2.70. The van der Waals surface area contributed by atoms with Crippen LogP contribution in [0.3, 0.4) is 0 Å². The van der Waals surface area contributed by atoms with Crippen LogP contribution in [0.4, 0.5) is 0 Å². The summed E-state index contributed by atoms with van der Waals surface area (Å²) in [6.45, 7) is 0.678. The predicted octanol–water partition coefficient (Wildman–Crippen LogP) is 0.409. The Balaban J connectivity index is 1.88. The lowest BCUT2D eigenvalue weighted by atomic mass is 10.1. The van der Waals surface area contributed by atoms with E-state index in [1.807, 2.05) is 0 Å². The van der Waals surface area contributed by atoms with Gasteiger partial charge in [0.25, 0.3) is 5.56 Å². The van der Waals surface area contributed by atoms with Crippen molar-refractivity contribution < 1.29 is 14.7 Å². The molecular formula is C16H17N3O4. The van der Waals surface area contributed by atoms with Gasteiger partial charge in [-0.25, -0.2) is 4.68 Å². The van der Waals surface area contributed by atoms with E-state index >= 15 is 0 Å². The van der Waals surface area contributed by atoms with E-state index in [9.17, 15) is 14.4 Å². The minimum Gasteiger partial charge on any atom is -0.481 e. The molecule has 2 heterocycles. The molecular weight excluding hydrogens is 298 g/mol. The molecule has 0 aliphatic carbocycles. The minimum absolute atomic E-state index is 0.0565. The number of hydrogen-bond acceptors (Lipinski definition) is 4. The number of carboxylic acids is 1. The summed E-state index contributed by atoms with van der Waals surface area (Å²) in [5.41, 5.74) is 0.329. The van der Waals surface area contributed by atoms with Gasteiger partial charge in [0.15, 0.2) is 0 Å². The van der Waals surface area contributed by atoms with Crippen molar-refractivity contribution in [1.82, 2.24) is 14.7 Å². The molecule has 1 N–H and O–H groups in total. The summed E-state index contributed by atoms with van der Waals surface area (Å²) >= 11 is 0. The number of aliphatic carboxylic acids is 1. The van der Waals surface area contributed by atoms with Crippen LogP contribution >= 0.6 is 0 Å². The Bertz CT molecular complexity index is 843. The number of fused-ring (bicyclic) bond motifs is 1. The van der Waals surface area contributed by atoms with Crippen molar-refractivity contribution in [2.45, 2.75) is 12.8 Å². The Morgan fingerprint density at radius 3 is 2.65 bits per heavy atom.